The summed E-state index contributed by atoms with van der Waals surface area (Å²) in [4.78, 5) is 11.2. The fraction of sp³-hybridized carbons (Fsp3) is 0.217. The van der Waals surface area contributed by atoms with Crippen molar-refractivity contribution >= 4 is 23.4 Å². The Labute approximate surface area is 184 Å². The SMILES string of the molecule is FCc1ccc(/C=N/Nc2cc(N3CCOCC3)c3nc(-c4ccncc4)cn3n2)cc1. The molecule has 4 heterocycles. The van der Waals surface area contributed by atoms with Crippen molar-refractivity contribution in [3.63, 3.8) is 0 Å². The molecule has 8 nitrogen and oxygen atoms in total. The number of alkyl halides is 1. The molecule has 0 spiro atoms. The monoisotopic (exact) mass is 431 g/mol. The Morgan fingerprint density at radius 1 is 1.09 bits per heavy atom. The van der Waals surface area contributed by atoms with Crippen molar-refractivity contribution in [2.45, 2.75) is 6.67 Å². The fourth-order valence-corrected chi connectivity index (χ4v) is 3.58. The van der Waals surface area contributed by atoms with Crippen molar-refractivity contribution in [1.82, 2.24) is 19.6 Å². The molecule has 1 aliphatic rings. The predicted molar refractivity (Wildman–Crippen MR) is 122 cm³/mol. The van der Waals surface area contributed by atoms with E-state index in [1.165, 1.54) is 0 Å². The third kappa shape index (κ3) is 4.28. The summed E-state index contributed by atoms with van der Waals surface area (Å²) in [5.74, 6) is 0.592. The van der Waals surface area contributed by atoms with E-state index in [9.17, 15) is 4.39 Å². The average Bonchev–Trinajstić information content (AvgIpc) is 3.29. The molecule has 0 amide bonds. The second kappa shape index (κ2) is 9.11. The molecule has 0 radical (unpaired) electrons. The van der Waals surface area contributed by atoms with Crippen molar-refractivity contribution < 1.29 is 9.13 Å². The van der Waals surface area contributed by atoms with Crippen LogP contribution < -0.4 is 10.3 Å². The van der Waals surface area contributed by atoms with Crippen molar-refractivity contribution in [2.75, 3.05) is 36.6 Å². The minimum Gasteiger partial charge on any atom is -0.378 e. The van der Waals surface area contributed by atoms with Gasteiger partial charge in [-0.05, 0) is 23.3 Å². The second-order valence-corrected chi connectivity index (χ2v) is 7.39. The van der Waals surface area contributed by atoms with Crippen molar-refractivity contribution in [2.24, 2.45) is 5.10 Å². The minimum atomic E-state index is -0.476. The first-order valence-electron chi connectivity index (χ1n) is 10.4. The lowest BCUT2D eigenvalue weighted by molar-refractivity contribution is 0.123. The topological polar surface area (TPSA) is 79.9 Å². The maximum Gasteiger partial charge on any atom is 0.177 e. The Morgan fingerprint density at radius 2 is 1.88 bits per heavy atom. The lowest BCUT2D eigenvalue weighted by atomic mass is 10.2. The van der Waals surface area contributed by atoms with Gasteiger partial charge in [-0.25, -0.2) is 13.9 Å². The third-order valence-corrected chi connectivity index (χ3v) is 5.26. The number of fused-ring (bicyclic) bond motifs is 1. The number of imidazole rings is 1. The molecule has 5 rings (SSSR count). The maximum absolute atomic E-state index is 12.7. The molecule has 4 aromatic rings. The van der Waals surface area contributed by atoms with E-state index in [-0.39, 0.29) is 0 Å². The molecule has 1 N–H and O–H groups in total. The molecule has 1 aromatic carbocycles. The quantitative estimate of drug-likeness (QED) is 0.372. The number of hydrazone groups is 1. The van der Waals surface area contributed by atoms with Gasteiger partial charge in [0.25, 0.3) is 0 Å². The number of nitrogens with zero attached hydrogens (tertiary/aromatic N) is 6. The van der Waals surface area contributed by atoms with E-state index < -0.39 is 6.67 Å². The van der Waals surface area contributed by atoms with Crippen molar-refractivity contribution in [3.05, 3.63) is 72.2 Å². The number of morpholine rings is 1. The maximum atomic E-state index is 12.7. The number of rotatable bonds is 6. The number of anilines is 2. The molecular weight excluding hydrogens is 409 g/mol. The van der Waals surface area contributed by atoms with Crippen LogP contribution >= 0.6 is 0 Å². The molecule has 0 atom stereocenters. The highest BCUT2D eigenvalue weighted by Crippen LogP contribution is 2.27. The number of aromatic nitrogens is 4. The van der Waals surface area contributed by atoms with Gasteiger partial charge in [-0.2, -0.15) is 5.10 Å². The number of ether oxygens (including phenoxy) is 1. The lowest BCUT2D eigenvalue weighted by Crippen LogP contribution is -2.36. The molecule has 0 saturated carbocycles. The average molecular weight is 431 g/mol. The van der Waals surface area contributed by atoms with Gasteiger partial charge in [-0.3, -0.25) is 10.4 Å². The molecule has 1 saturated heterocycles. The van der Waals surface area contributed by atoms with Gasteiger partial charge in [-0.1, -0.05) is 24.3 Å². The molecule has 0 aliphatic carbocycles. The van der Waals surface area contributed by atoms with E-state index in [2.05, 4.69) is 25.5 Å². The van der Waals surface area contributed by atoms with Gasteiger partial charge in [0.05, 0.1) is 37.0 Å². The van der Waals surface area contributed by atoms with Crippen LogP contribution in [0.15, 0.2) is 66.2 Å². The zero-order valence-electron chi connectivity index (χ0n) is 17.4. The Hall–Kier alpha value is -3.85. The number of hydrogen-bond donors (Lipinski definition) is 1. The third-order valence-electron chi connectivity index (χ3n) is 5.26. The van der Waals surface area contributed by atoms with Crippen LogP contribution in [-0.4, -0.2) is 52.1 Å². The van der Waals surface area contributed by atoms with Crippen LogP contribution in [0.1, 0.15) is 11.1 Å². The van der Waals surface area contributed by atoms with Gasteiger partial charge >= 0.3 is 0 Å². The summed E-state index contributed by atoms with van der Waals surface area (Å²) in [5, 5.41) is 8.95. The largest absolute Gasteiger partial charge is 0.378 e. The number of pyridine rings is 1. The Kier molecular flexibility index (Phi) is 5.71. The first-order chi connectivity index (χ1) is 15.8. The van der Waals surface area contributed by atoms with Gasteiger partial charge in [0, 0.05) is 37.1 Å². The highest BCUT2D eigenvalue weighted by atomic mass is 19.1. The summed E-state index contributed by atoms with van der Waals surface area (Å²) in [6, 6.07) is 12.9. The normalized spacial score (nSPS) is 14.3. The van der Waals surface area contributed by atoms with Crippen LogP contribution in [0.2, 0.25) is 0 Å². The molecule has 162 valence electrons. The Bertz CT molecular complexity index is 1220. The molecular formula is C23H22FN7O. The van der Waals surface area contributed by atoms with Crippen LogP contribution in [-0.2, 0) is 11.4 Å². The minimum absolute atomic E-state index is 0.476. The summed E-state index contributed by atoms with van der Waals surface area (Å²) in [6.45, 7) is 2.42. The number of halogens is 1. The molecule has 9 heteroatoms. The standard InChI is InChI=1S/C23H22FN7O/c24-14-17-1-3-18(4-2-17)15-26-28-22-13-21(30-9-11-32-12-10-30)23-27-20(16-31(23)29-22)19-5-7-25-8-6-19/h1-8,13,15-16H,9-12,14H2,(H,28,29)/b26-15+. The second-order valence-electron chi connectivity index (χ2n) is 7.39. The van der Waals surface area contributed by atoms with E-state index >= 15 is 0 Å². The first kappa shape index (κ1) is 20.1. The Balaban J connectivity index is 1.47. The van der Waals surface area contributed by atoms with E-state index in [0.29, 0.717) is 24.6 Å². The summed E-state index contributed by atoms with van der Waals surface area (Å²) in [5.41, 5.74) is 8.06. The van der Waals surface area contributed by atoms with E-state index in [1.54, 1.807) is 35.3 Å². The molecule has 0 unspecified atom stereocenters. The van der Waals surface area contributed by atoms with E-state index in [0.717, 1.165) is 41.2 Å². The van der Waals surface area contributed by atoms with Crippen LogP contribution in [0.5, 0.6) is 0 Å². The molecule has 32 heavy (non-hydrogen) atoms. The smallest absolute Gasteiger partial charge is 0.177 e. The zero-order valence-corrected chi connectivity index (χ0v) is 17.4. The van der Waals surface area contributed by atoms with Crippen LogP contribution in [0, 0.1) is 0 Å². The van der Waals surface area contributed by atoms with Gasteiger partial charge in [-0.15, -0.1) is 5.10 Å². The number of nitrogens with one attached hydrogen (secondary N) is 1. The Morgan fingerprint density at radius 3 is 2.62 bits per heavy atom. The first-order valence-corrected chi connectivity index (χ1v) is 10.4. The van der Waals surface area contributed by atoms with Gasteiger partial charge in [0.1, 0.15) is 6.67 Å². The van der Waals surface area contributed by atoms with Crippen LogP contribution in [0.3, 0.4) is 0 Å². The number of hydrogen-bond acceptors (Lipinski definition) is 7. The molecule has 0 bridgehead atoms. The summed E-state index contributed by atoms with van der Waals surface area (Å²) in [6.07, 6.45) is 7.08. The summed E-state index contributed by atoms with van der Waals surface area (Å²) in [7, 11) is 0. The zero-order chi connectivity index (χ0) is 21.8. The van der Waals surface area contributed by atoms with E-state index in [4.69, 9.17) is 9.72 Å². The molecule has 1 aliphatic heterocycles. The van der Waals surface area contributed by atoms with Crippen LogP contribution in [0.4, 0.5) is 15.9 Å². The van der Waals surface area contributed by atoms with Crippen molar-refractivity contribution in [1.29, 1.82) is 0 Å². The predicted octanol–water partition coefficient (Wildman–Crippen LogP) is 3.54. The van der Waals surface area contributed by atoms with E-state index in [1.807, 2.05) is 36.5 Å². The molecule has 1 fully saturated rings. The molecule has 3 aromatic heterocycles. The van der Waals surface area contributed by atoms with Crippen LogP contribution in [0.25, 0.3) is 16.9 Å². The van der Waals surface area contributed by atoms with Gasteiger partial charge in [0.2, 0.25) is 0 Å². The fourth-order valence-electron chi connectivity index (χ4n) is 3.58. The van der Waals surface area contributed by atoms with Crippen molar-refractivity contribution in [3.8, 4) is 11.3 Å². The highest BCUT2D eigenvalue weighted by molar-refractivity contribution is 5.80. The summed E-state index contributed by atoms with van der Waals surface area (Å²) >= 11 is 0. The van der Waals surface area contributed by atoms with Gasteiger partial charge < -0.3 is 9.64 Å². The highest BCUT2D eigenvalue weighted by Gasteiger charge is 2.18. The lowest BCUT2D eigenvalue weighted by Gasteiger charge is -2.29. The van der Waals surface area contributed by atoms with Gasteiger partial charge in [0.15, 0.2) is 11.5 Å². The summed E-state index contributed by atoms with van der Waals surface area (Å²) < 4.78 is 20.0. The number of benzene rings is 1.